The lowest BCUT2D eigenvalue weighted by molar-refractivity contribution is 0.202. The second kappa shape index (κ2) is 10.2. The van der Waals surface area contributed by atoms with E-state index in [2.05, 4.69) is 57.3 Å². The van der Waals surface area contributed by atoms with Crippen molar-refractivity contribution in [3.8, 4) is 0 Å². The van der Waals surface area contributed by atoms with Crippen LogP contribution < -0.4 is 5.19 Å². The van der Waals surface area contributed by atoms with Gasteiger partial charge in [-0.25, -0.2) is 0 Å². The fourth-order valence-corrected chi connectivity index (χ4v) is 5.11. The van der Waals surface area contributed by atoms with Crippen molar-refractivity contribution >= 4 is 13.5 Å². The molecule has 1 nitrogen and oxygen atoms in total. The predicted molar refractivity (Wildman–Crippen MR) is 96.7 cm³/mol. The molecule has 1 aromatic carbocycles. The number of hydrogen-bond donors (Lipinski definition) is 0. The fraction of sp³-hybridized carbons (Fsp3) is 0.684. The highest BCUT2D eigenvalue weighted by Crippen LogP contribution is 2.15. The molecule has 0 saturated heterocycles. The number of benzene rings is 1. The zero-order valence-corrected chi connectivity index (χ0v) is 15.5. The molecule has 0 aliphatic rings. The van der Waals surface area contributed by atoms with Crippen LogP contribution in [0.1, 0.15) is 65.2 Å². The van der Waals surface area contributed by atoms with Gasteiger partial charge in [-0.05, 0) is 31.6 Å². The first-order valence-electron chi connectivity index (χ1n) is 8.79. The van der Waals surface area contributed by atoms with Crippen molar-refractivity contribution in [1.82, 2.24) is 0 Å². The van der Waals surface area contributed by atoms with E-state index in [1.165, 1.54) is 56.6 Å². The molecular formula is C19H34OSi. The number of rotatable bonds is 11. The maximum atomic E-state index is 6.41. The predicted octanol–water partition coefficient (Wildman–Crippen LogP) is 5.64. The third-order valence-electron chi connectivity index (χ3n) is 4.18. The van der Waals surface area contributed by atoms with E-state index in [0.29, 0.717) is 6.10 Å². The third kappa shape index (κ3) is 7.82. The van der Waals surface area contributed by atoms with Gasteiger partial charge in [0.25, 0.3) is 0 Å². The van der Waals surface area contributed by atoms with E-state index >= 15 is 0 Å². The summed E-state index contributed by atoms with van der Waals surface area (Å²) in [5.74, 6) is 0. The lowest BCUT2D eigenvalue weighted by atomic mass is 10.1. The molecule has 2 heteroatoms. The highest BCUT2D eigenvalue weighted by Gasteiger charge is 2.27. The van der Waals surface area contributed by atoms with Crippen molar-refractivity contribution in [2.45, 2.75) is 84.4 Å². The number of hydrogen-bond acceptors (Lipinski definition) is 1. The van der Waals surface area contributed by atoms with Gasteiger partial charge in [-0.3, -0.25) is 0 Å². The molecular weight excluding hydrogens is 272 g/mol. The van der Waals surface area contributed by atoms with E-state index in [-0.39, 0.29) is 0 Å². The molecule has 0 amide bonds. The molecule has 0 bridgehead atoms. The van der Waals surface area contributed by atoms with Gasteiger partial charge in [0.2, 0.25) is 8.32 Å². The van der Waals surface area contributed by atoms with Crippen LogP contribution in [0.3, 0.4) is 0 Å². The van der Waals surface area contributed by atoms with Crippen LogP contribution in [0.15, 0.2) is 30.3 Å². The summed E-state index contributed by atoms with van der Waals surface area (Å²) in [5, 5.41) is 1.40. The van der Waals surface area contributed by atoms with Gasteiger partial charge in [-0.15, -0.1) is 0 Å². The van der Waals surface area contributed by atoms with Crippen LogP contribution in [0.4, 0.5) is 0 Å². The normalized spacial score (nSPS) is 13.3. The van der Waals surface area contributed by atoms with E-state index < -0.39 is 8.32 Å². The third-order valence-corrected chi connectivity index (χ3v) is 6.89. The molecule has 0 fully saturated rings. The summed E-state index contributed by atoms with van der Waals surface area (Å²) in [6, 6.07) is 10.7. The van der Waals surface area contributed by atoms with Crippen LogP contribution in [0.5, 0.6) is 0 Å². The average molecular weight is 307 g/mol. The van der Waals surface area contributed by atoms with Gasteiger partial charge in [-0.1, -0.05) is 82.2 Å². The Morgan fingerprint density at radius 1 is 0.905 bits per heavy atom. The summed E-state index contributed by atoms with van der Waals surface area (Å²) in [7, 11) is -1.73. The SMILES string of the molecule is CCCCCCCCCC(C)O[Si](C)(C)c1ccccc1. The van der Waals surface area contributed by atoms with Gasteiger partial charge in [0.15, 0.2) is 0 Å². The Hall–Kier alpha value is -0.603. The maximum Gasteiger partial charge on any atom is 0.218 e. The Bertz CT molecular complexity index is 361. The van der Waals surface area contributed by atoms with Crippen LogP contribution in [-0.4, -0.2) is 14.4 Å². The standard InChI is InChI=1S/C19H34OSi/c1-5-6-7-8-9-10-12-15-18(2)20-21(3,4)19-16-13-11-14-17-19/h11,13-14,16-18H,5-10,12,15H2,1-4H3. The van der Waals surface area contributed by atoms with Crippen LogP contribution >= 0.6 is 0 Å². The summed E-state index contributed by atoms with van der Waals surface area (Å²) in [4.78, 5) is 0. The lowest BCUT2D eigenvalue weighted by Gasteiger charge is -2.28. The largest absolute Gasteiger partial charge is 0.410 e. The zero-order chi connectivity index (χ0) is 15.6. The summed E-state index contributed by atoms with van der Waals surface area (Å²) < 4.78 is 6.41. The molecule has 1 aromatic rings. The van der Waals surface area contributed by atoms with Crippen LogP contribution in [-0.2, 0) is 4.43 Å². The van der Waals surface area contributed by atoms with E-state index in [1.807, 2.05) is 0 Å². The van der Waals surface area contributed by atoms with Gasteiger partial charge >= 0.3 is 0 Å². The van der Waals surface area contributed by atoms with Gasteiger partial charge in [0.1, 0.15) is 0 Å². The van der Waals surface area contributed by atoms with Crippen molar-refractivity contribution in [2.24, 2.45) is 0 Å². The Balaban J connectivity index is 2.19. The lowest BCUT2D eigenvalue weighted by Crippen LogP contribution is -2.46. The first-order chi connectivity index (χ1) is 10.1. The van der Waals surface area contributed by atoms with Gasteiger partial charge in [-0.2, -0.15) is 0 Å². The fourth-order valence-electron chi connectivity index (χ4n) is 2.86. The molecule has 0 heterocycles. The average Bonchev–Trinajstić information content (AvgIpc) is 2.47. The van der Waals surface area contributed by atoms with Crippen molar-refractivity contribution in [1.29, 1.82) is 0 Å². The summed E-state index contributed by atoms with van der Waals surface area (Å²) in [6.07, 6.45) is 11.2. The van der Waals surface area contributed by atoms with Crippen molar-refractivity contribution in [3.63, 3.8) is 0 Å². The minimum atomic E-state index is -1.73. The van der Waals surface area contributed by atoms with Crippen molar-refractivity contribution in [3.05, 3.63) is 30.3 Å². The van der Waals surface area contributed by atoms with Gasteiger partial charge in [0.05, 0.1) is 0 Å². The van der Waals surface area contributed by atoms with Gasteiger partial charge in [0, 0.05) is 6.10 Å². The van der Waals surface area contributed by atoms with Gasteiger partial charge < -0.3 is 4.43 Å². The molecule has 0 saturated carbocycles. The molecule has 0 aromatic heterocycles. The van der Waals surface area contributed by atoms with E-state index in [4.69, 9.17) is 4.43 Å². The minimum absolute atomic E-state index is 0.391. The zero-order valence-electron chi connectivity index (χ0n) is 14.5. The smallest absolute Gasteiger partial charge is 0.218 e. The second-order valence-electron chi connectivity index (χ2n) is 6.71. The van der Waals surface area contributed by atoms with Crippen LogP contribution in [0, 0.1) is 0 Å². The first-order valence-corrected chi connectivity index (χ1v) is 11.7. The van der Waals surface area contributed by atoms with E-state index in [0.717, 1.165) is 0 Å². The minimum Gasteiger partial charge on any atom is -0.410 e. The van der Waals surface area contributed by atoms with E-state index in [9.17, 15) is 0 Å². The van der Waals surface area contributed by atoms with Crippen LogP contribution in [0.2, 0.25) is 13.1 Å². The molecule has 120 valence electrons. The second-order valence-corrected chi connectivity index (χ2v) is 10.5. The Kier molecular flexibility index (Phi) is 8.94. The van der Waals surface area contributed by atoms with Crippen molar-refractivity contribution < 1.29 is 4.43 Å². The Labute approximate surface area is 133 Å². The molecule has 1 rings (SSSR count). The topological polar surface area (TPSA) is 9.23 Å². The molecule has 0 aliphatic heterocycles. The Morgan fingerprint density at radius 3 is 2.10 bits per heavy atom. The molecule has 1 atom stereocenters. The monoisotopic (exact) mass is 306 g/mol. The quantitative estimate of drug-likeness (QED) is 0.379. The molecule has 0 radical (unpaired) electrons. The Morgan fingerprint density at radius 2 is 1.48 bits per heavy atom. The first kappa shape index (κ1) is 18.4. The van der Waals surface area contributed by atoms with E-state index in [1.54, 1.807) is 0 Å². The molecule has 0 N–H and O–H groups in total. The van der Waals surface area contributed by atoms with Crippen molar-refractivity contribution in [2.75, 3.05) is 0 Å². The molecule has 0 aliphatic carbocycles. The summed E-state index contributed by atoms with van der Waals surface area (Å²) in [6.45, 7) is 9.14. The summed E-state index contributed by atoms with van der Waals surface area (Å²) in [5.41, 5.74) is 0. The summed E-state index contributed by atoms with van der Waals surface area (Å²) >= 11 is 0. The van der Waals surface area contributed by atoms with Crippen LogP contribution in [0.25, 0.3) is 0 Å². The highest BCUT2D eigenvalue weighted by molar-refractivity contribution is 6.84. The number of unbranched alkanes of at least 4 members (excludes halogenated alkanes) is 6. The molecule has 1 unspecified atom stereocenters. The maximum absolute atomic E-state index is 6.41. The molecule has 21 heavy (non-hydrogen) atoms. The highest BCUT2D eigenvalue weighted by atomic mass is 28.4. The molecule has 0 spiro atoms.